The first-order chi connectivity index (χ1) is 8.13. The van der Waals surface area contributed by atoms with Gasteiger partial charge < -0.3 is 15.7 Å². The van der Waals surface area contributed by atoms with E-state index in [1.807, 2.05) is 30.4 Å². The first kappa shape index (κ1) is 14.2. The Morgan fingerprint density at radius 2 is 2.29 bits per heavy atom. The van der Waals surface area contributed by atoms with Crippen molar-refractivity contribution in [1.82, 2.24) is 0 Å². The number of hydrogen-bond acceptors (Lipinski definition) is 2. The summed E-state index contributed by atoms with van der Waals surface area (Å²) in [7, 11) is 0. The zero-order chi connectivity index (χ0) is 12.7. The number of amides is 1. The maximum Gasteiger partial charge on any atom is 0.279 e. The second kappa shape index (κ2) is 7.42. The summed E-state index contributed by atoms with van der Waals surface area (Å²) in [5.74, 6) is -0.0347. The molecule has 0 heterocycles. The average molecular weight is 302 g/mol. The van der Waals surface area contributed by atoms with Crippen LogP contribution in [0.4, 0.5) is 5.69 Å². The summed E-state index contributed by atoms with van der Waals surface area (Å²) < 4.78 is 0.890. The van der Waals surface area contributed by atoms with Crippen LogP contribution in [0.1, 0.15) is 12.0 Å². The van der Waals surface area contributed by atoms with Gasteiger partial charge >= 0.3 is 0 Å². The largest absolute Gasteiger partial charge is 0.396 e. The molecule has 0 unspecified atom stereocenters. The van der Waals surface area contributed by atoms with Crippen LogP contribution in [-0.2, 0) is 4.79 Å². The predicted octanol–water partition coefficient (Wildman–Crippen LogP) is 0.642. The Bertz CT molecular complexity index is 383. The number of quaternary nitrogens is 1. The molecule has 0 aromatic heterocycles. The molecule has 94 valence electrons. The standard InChI is InChI=1S/C12H17BrN2O2/c1-9-3-4-11(10(13)7-9)15-12(17)8-14-5-2-6-16/h3-4,7,14,16H,2,5-6,8H2,1H3,(H,15,17)/p+1. The van der Waals surface area contributed by atoms with Crippen molar-refractivity contribution in [2.75, 3.05) is 25.0 Å². The molecule has 0 atom stereocenters. The highest BCUT2D eigenvalue weighted by atomic mass is 79.9. The summed E-state index contributed by atoms with van der Waals surface area (Å²) in [6.45, 7) is 3.31. The molecule has 4 N–H and O–H groups in total. The molecule has 4 nitrogen and oxygen atoms in total. The zero-order valence-electron chi connectivity index (χ0n) is 9.87. The molecule has 0 bridgehead atoms. The molecule has 1 rings (SSSR count). The van der Waals surface area contributed by atoms with Crippen molar-refractivity contribution in [3.8, 4) is 0 Å². The quantitative estimate of drug-likeness (QED) is 0.675. The van der Waals surface area contributed by atoms with Gasteiger partial charge in [0.05, 0.1) is 12.2 Å². The molecule has 0 saturated carbocycles. The summed E-state index contributed by atoms with van der Waals surface area (Å²) in [6, 6.07) is 5.80. The van der Waals surface area contributed by atoms with E-state index in [1.54, 1.807) is 0 Å². The van der Waals surface area contributed by atoms with Gasteiger partial charge in [0.2, 0.25) is 0 Å². The van der Waals surface area contributed by atoms with E-state index in [-0.39, 0.29) is 12.5 Å². The third-order valence-electron chi connectivity index (χ3n) is 2.29. The number of anilines is 1. The van der Waals surface area contributed by atoms with Crippen LogP contribution < -0.4 is 10.6 Å². The van der Waals surface area contributed by atoms with Crippen LogP contribution in [0.2, 0.25) is 0 Å². The Balaban J connectivity index is 2.40. The maximum atomic E-state index is 11.6. The van der Waals surface area contributed by atoms with Gasteiger partial charge in [-0.1, -0.05) is 6.07 Å². The van der Waals surface area contributed by atoms with Crippen molar-refractivity contribution in [3.63, 3.8) is 0 Å². The van der Waals surface area contributed by atoms with Crippen LogP contribution in [0, 0.1) is 6.92 Å². The van der Waals surface area contributed by atoms with Gasteiger partial charge in [0.25, 0.3) is 5.91 Å². The third kappa shape index (κ3) is 5.30. The second-order valence-electron chi connectivity index (χ2n) is 3.89. The minimum atomic E-state index is -0.0347. The van der Waals surface area contributed by atoms with Crippen molar-refractivity contribution >= 4 is 27.5 Å². The normalized spacial score (nSPS) is 10.3. The Labute approximate surface area is 110 Å². The predicted molar refractivity (Wildman–Crippen MR) is 70.9 cm³/mol. The van der Waals surface area contributed by atoms with Crippen LogP contribution in [0.5, 0.6) is 0 Å². The number of nitrogens with one attached hydrogen (secondary N) is 1. The Morgan fingerprint density at radius 3 is 2.94 bits per heavy atom. The minimum Gasteiger partial charge on any atom is -0.396 e. The van der Waals surface area contributed by atoms with Crippen LogP contribution in [0.25, 0.3) is 0 Å². The van der Waals surface area contributed by atoms with Crippen molar-refractivity contribution in [1.29, 1.82) is 0 Å². The number of nitrogens with two attached hydrogens (primary N) is 1. The minimum absolute atomic E-state index is 0.0347. The number of benzene rings is 1. The lowest BCUT2D eigenvalue weighted by Crippen LogP contribution is -2.86. The summed E-state index contributed by atoms with van der Waals surface area (Å²) in [5, 5.41) is 13.3. The molecular formula is C12H18BrN2O2+. The van der Waals surface area contributed by atoms with E-state index < -0.39 is 0 Å². The third-order valence-corrected chi connectivity index (χ3v) is 2.95. The van der Waals surface area contributed by atoms with Crippen LogP contribution in [0.15, 0.2) is 22.7 Å². The fraction of sp³-hybridized carbons (Fsp3) is 0.417. The Morgan fingerprint density at radius 1 is 1.53 bits per heavy atom. The van der Waals surface area contributed by atoms with Crippen LogP contribution in [-0.4, -0.2) is 30.7 Å². The zero-order valence-corrected chi connectivity index (χ0v) is 11.5. The van der Waals surface area contributed by atoms with Gasteiger partial charge in [-0.15, -0.1) is 0 Å². The number of aryl methyl sites for hydroxylation is 1. The van der Waals surface area contributed by atoms with Gasteiger partial charge in [-0.05, 0) is 40.5 Å². The average Bonchev–Trinajstić information content (AvgIpc) is 2.28. The van der Waals surface area contributed by atoms with Crippen LogP contribution in [0.3, 0.4) is 0 Å². The smallest absolute Gasteiger partial charge is 0.279 e. The molecule has 0 spiro atoms. The fourth-order valence-corrected chi connectivity index (χ4v) is 1.98. The molecule has 0 saturated heterocycles. The van der Waals surface area contributed by atoms with E-state index in [2.05, 4.69) is 21.2 Å². The molecule has 1 aromatic carbocycles. The highest BCUT2D eigenvalue weighted by Crippen LogP contribution is 2.22. The highest BCUT2D eigenvalue weighted by molar-refractivity contribution is 9.10. The number of carbonyl (C=O) groups excluding carboxylic acids is 1. The van der Waals surface area contributed by atoms with Gasteiger partial charge in [0, 0.05) is 17.5 Å². The van der Waals surface area contributed by atoms with Gasteiger partial charge in [-0.3, -0.25) is 4.79 Å². The Hall–Kier alpha value is -0.910. The topological polar surface area (TPSA) is 65.9 Å². The molecule has 5 heteroatoms. The van der Waals surface area contributed by atoms with Gasteiger partial charge in [0.15, 0.2) is 6.54 Å². The summed E-state index contributed by atoms with van der Waals surface area (Å²) in [4.78, 5) is 11.6. The van der Waals surface area contributed by atoms with E-state index in [1.165, 1.54) is 0 Å². The van der Waals surface area contributed by atoms with Crippen molar-refractivity contribution in [3.05, 3.63) is 28.2 Å². The summed E-state index contributed by atoms with van der Waals surface area (Å²) >= 11 is 3.41. The van der Waals surface area contributed by atoms with Crippen molar-refractivity contribution < 1.29 is 15.2 Å². The first-order valence-corrected chi connectivity index (χ1v) is 6.41. The molecule has 0 radical (unpaired) electrons. The van der Waals surface area contributed by atoms with E-state index in [9.17, 15) is 4.79 Å². The molecular weight excluding hydrogens is 284 g/mol. The van der Waals surface area contributed by atoms with Crippen LogP contribution >= 0.6 is 15.9 Å². The highest BCUT2D eigenvalue weighted by Gasteiger charge is 2.06. The van der Waals surface area contributed by atoms with E-state index in [0.717, 1.165) is 22.3 Å². The maximum absolute atomic E-state index is 11.6. The monoisotopic (exact) mass is 301 g/mol. The number of halogens is 1. The van der Waals surface area contributed by atoms with Gasteiger partial charge in [-0.25, -0.2) is 0 Å². The van der Waals surface area contributed by atoms with Crippen molar-refractivity contribution in [2.45, 2.75) is 13.3 Å². The molecule has 17 heavy (non-hydrogen) atoms. The molecule has 1 amide bonds. The molecule has 1 aromatic rings. The van der Waals surface area contributed by atoms with Crippen molar-refractivity contribution in [2.24, 2.45) is 0 Å². The lowest BCUT2D eigenvalue weighted by atomic mass is 10.2. The molecule has 0 aliphatic heterocycles. The lowest BCUT2D eigenvalue weighted by Gasteiger charge is -2.07. The number of hydrogen-bond donors (Lipinski definition) is 3. The van der Waals surface area contributed by atoms with E-state index in [0.29, 0.717) is 13.0 Å². The molecule has 0 fully saturated rings. The first-order valence-electron chi connectivity index (χ1n) is 5.62. The fourth-order valence-electron chi connectivity index (χ4n) is 1.39. The molecule has 0 aliphatic rings. The number of aliphatic hydroxyl groups is 1. The van der Waals surface area contributed by atoms with E-state index >= 15 is 0 Å². The number of carbonyl (C=O) groups is 1. The summed E-state index contributed by atoms with van der Waals surface area (Å²) in [5.41, 5.74) is 1.93. The molecule has 0 aliphatic carbocycles. The second-order valence-corrected chi connectivity index (χ2v) is 4.74. The summed E-state index contributed by atoms with van der Waals surface area (Å²) in [6.07, 6.45) is 0.710. The number of aliphatic hydroxyl groups excluding tert-OH is 1. The lowest BCUT2D eigenvalue weighted by molar-refractivity contribution is -0.644. The van der Waals surface area contributed by atoms with Gasteiger partial charge in [-0.2, -0.15) is 0 Å². The Kier molecular flexibility index (Phi) is 6.18. The van der Waals surface area contributed by atoms with Gasteiger partial charge in [0.1, 0.15) is 0 Å². The number of rotatable bonds is 6. The SMILES string of the molecule is Cc1ccc(NC(=O)C[NH2+]CCCO)c(Br)c1. The van der Waals surface area contributed by atoms with E-state index in [4.69, 9.17) is 5.11 Å².